The van der Waals surface area contributed by atoms with E-state index in [1.165, 1.54) is 0 Å². The van der Waals surface area contributed by atoms with Crippen LogP contribution in [0.5, 0.6) is 5.75 Å². The molecule has 2 rings (SSSR count). The molecule has 152 valence electrons. The molecule has 0 saturated carbocycles. The average molecular weight is 384 g/mol. The Balaban J connectivity index is 2.03. The molecule has 0 aliphatic rings. The number of carbonyl (C=O) groups is 1. The summed E-state index contributed by atoms with van der Waals surface area (Å²) in [6.45, 7) is 8.55. The van der Waals surface area contributed by atoms with Crippen LogP contribution >= 0.6 is 0 Å². The van der Waals surface area contributed by atoms with Crippen molar-refractivity contribution in [2.24, 2.45) is 5.92 Å². The molecule has 4 heteroatoms. The number of phenols is 1. The molecule has 2 aromatic rings. The maximum Gasteiger partial charge on any atom is 0.338 e. The second-order valence-corrected chi connectivity index (χ2v) is 7.16. The lowest BCUT2D eigenvalue weighted by molar-refractivity contribution is 0.0430. The molecule has 0 saturated heterocycles. The number of esters is 1. The van der Waals surface area contributed by atoms with Crippen LogP contribution in [0.1, 0.15) is 56.0 Å². The Morgan fingerprint density at radius 2 is 1.79 bits per heavy atom. The van der Waals surface area contributed by atoms with Crippen molar-refractivity contribution in [1.82, 2.24) is 0 Å². The number of aromatic hydroxyl groups is 1. The molecule has 0 spiro atoms. The van der Waals surface area contributed by atoms with Crippen LogP contribution in [0.4, 0.5) is 5.69 Å². The van der Waals surface area contributed by atoms with Gasteiger partial charge in [0.2, 0.25) is 0 Å². The van der Waals surface area contributed by atoms with Gasteiger partial charge in [-0.1, -0.05) is 44.0 Å². The van der Waals surface area contributed by atoms with E-state index >= 15 is 0 Å². The van der Waals surface area contributed by atoms with Crippen molar-refractivity contribution in [1.29, 1.82) is 0 Å². The number of benzene rings is 2. The molecule has 28 heavy (non-hydrogen) atoms. The zero-order valence-electron chi connectivity index (χ0n) is 17.4. The van der Waals surface area contributed by atoms with Gasteiger partial charge in [0.1, 0.15) is 5.75 Å². The van der Waals surface area contributed by atoms with E-state index in [-0.39, 0.29) is 11.9 Å². The predicted octanol–water partition coefficient (Wildman–Crippen LogP) is 5.44. The van der Waals surface area contributed by atoms with Gasteiger partial charge in [-0.25, -0.2) is 4.79 Å². The lowest BCUT2D eigenvalue weighted by Gasteiger charge is -2.22. The van der Waals surface area contributed by atoms with Crippen molar-refractivity contribution in [2.45, 2.75) is 46.5 Å². The smallest absolute Gasteiger partial charge is 0.338 e. The van der Waals surface area contributed by atoms with Crippen molar-refractivity contribution in [3.8, 4) is 5.75 Å². The van der Waals surface area contributed by atoms with E-state index in [1.807, 2.05) is 30.3 Å². The van der Waals surface area contributed by atoms with Gasteiger partial charge in [-0.2, -0.15) is 0 Å². The molecule has 1 atom stereocenters. The first-order chi connectivity index (χ1) is 13.6. The number of nitrogens with zero attached hydrogens (tertiary/aromatic N) is 1. The maximum absolute atomic E-state index is 12.3. The SMILES string of the molecule is CCCCC(COC(=O)c1ccccc1)Cc1ccc(N(CC)CC)cc1O. The van der Waals surface area contributed by atoms with E-state index < -0.39 is 0 Å². The van der Waals surface area contributed by atoms with Gasteiger partial charge in [0.15, 0.2) is 0 Å². The quantitative estimate of drug-likeness (QED) is 0.525. The molecule has 1 N–H and O–H groups in total. The number of phenolic OH excluding ortho intramolecular Hbond substituents is 1. The Morgan fingerprint density at radius 1 is 1.07 bits per heavy atom. The largest absolute Gasteiger partial charge is 0.508 e. The average Bonchev–Trinajstić information content (AvgIpc) is 2.72. The number of unbranched alkanes of at least 4 members (excludes halogenated alkanes) is 1. The number of anilines is 1. The summed E-state index contributed by atoms with van der Waals surface area (Å²) in [5.74, 6) is 0.223. The van der Waals surface area contributed by atoms with Crippen LogP contribution in [-0.4, -0.2) is 30.8 Å². The fraction of sp³-hybridized carbons (Fsp3) is 0.458. The van der Waals surface area contributed by atoms with Gasteiger partial charge < -0.3 is 14.7 Å². The Hall–Kier alpha value is -2.49. The summed E-state index contributed by atoms with van der Waals surface area (Å²) in [6, 6.07) is 15.0. The minimum Gasteiger partial charge on any atom is -0.508 e. The van der Waals surface area contributed by atoms with Crippen LogP contribution in [0.15, 0.2) is 48.5 Å². The predicted molar refractivity (Wildman–Crippen MR) is 115 cm³/mol. The molecular weight excluding hydrogens is 350 g/mol. The first-order valence-electron chi connectivity index (χ1n) is 10.4. The van der Waals surface area contributed by atoms with Gasteiger partial charge >= 0.3 is 5.97 Å². The Morgan fingerprint density at radius 3 is 2.39 bits per heavy atom. The molecule has 0 heterocycles. The molecule has 0 bridgehead atoms. The van der Waals surface area contributed by atoms with E-state index in [2.05, 4.69) is 31.7 Å². The summed E-state index contributed by atoms with van der Waals surface area (Å²) in [7, 11) is 0. The van der Waals surface area contributed by atoms with Gasteiger partial charge in [0.05, 0.1) is 12.2 Å². The van der Waals surface area contributed by atoms with E-state index in [4.69, 9.17) is 4.74 Å². The summed E-state index contributed by atoms with van der Waals surface area (Å²) < 4.78 is 5.57. The molecule has 0 radical (unpaired) electrons. The van der Waals surface area contributed by atoms with Crippen LogP contribution in [0.2, 0.25) is 0 Å². The highest BCUT2D eigenvalue weighted by Gasteiger charge is 2.16. The number of hydrogen-bond donors (Lipinski definition) is 1. The highest BCUT2D eigenvalue weighted by molar-refractivity contribution is 5.89. The van der Waals surface area contributed by atoms with E-state index in [9.17, 15) is 9.90 Å². The zero-order valence-corrected chi connectivity index (χ0v) is 17.4. The van der Waals surface area contributed by atoms with Crippen molar-refractivity contribution in [3.05, 3.63) is 59.7 Å². The fourth-order valence-electron chi connectivity index (χ4n) is 3.41. The summed E-state index contributed by atoms with van der Waals surface area (Å²) >= 11 is 0. The van der Waals surface area contributed by atoms with Crippen LogP contribution in [0, 0.1) is 5.92 Å². The number of rotatable bonds is 11. The number of carbonyl (C=O) groups excluding carboxylic acids is 1. The van der Waals surface area contributed by atoms with Gasteiger partial charge in [0, 0.05) is 24.8 Å². The Labute approximate surface area is 169 Å². The van der Waals surface area contributed by atoms with Crippen LogP contribution in [0.3, 0.4) is 0 Å². The van der Waals surface area contributed by atoms with Gasteiger partial charge in [-0.15, -0.1) is 0 Å². The number of ether oxygens (including phenoxy) is 1. The summed E-state index contributed by atoms with van der Waals surface area (Å²) in [4.78, 5) is 14.5. The van der Waals surface area contributed by atoms with Gasteiger partial charge in [-0.3, -0.25) is 0 Å². The molecule has 4 nitrogen and oxygen atoms in total. The van der Waals surface area contributed by atoms with Crippen molar-refractivity contribution < 1.29 is 14.6 Å². The van der Waals surface area contributed by atoms with Gasteiger partial charge in [0.25, 0.3) is 0 Å². The highest BCUT2D eigenvalue weighted by atomic mass is 16.5. The molecule has 0 aliphatic heterocycles. The van der Waals surface area contributed by atoms with Crippen LogP contribution < -0.4 is 4.90 Å². The molecule has 0 aromatic heterocycles. The maximum atomic E-state index is 12.3. The van der Waals surface area contributed by atoms with Crippen molar-refractivity contribution in [2.75, 3.05) is 24.6 Å². The molecule has 1 unspecified atom stereocenters. The van der Waals surface area contributed by atoms with Crippen molar-refractivity contribution in [3.63, 3.8) is 0 Å². The van der Waals surface area contributed by atoms with E-state index in [1.54, 1.807) is 12.1 Å². The summed E-state index contributed by atoms with van der Waals surface area (Å²) in [6.07, 6.45) is 3.84. The number of hydrogen-bond acceptors (Lipinski definition) is 4. The lowest BCUT2D eigenvalue weighted by Crippen LogP contribution is -2.21. The van der Waals surface area contributed by atoms with Crippen LogP contribution in [-0.2, 0) is 11.2 Å². The third kappa shape index (κ3) is 6.29. The molecule has 0 aliphatic carbocycles. The lowest BCUT2D eigenvalue weighted by atomic mass is 9.94. The molecule has 0 amide bonds. The topological polar surface area (TPSA) is 49.8 Å². The van der Waals surface area contributed by atoms with Crippen molar-refractivity contribution >= 4 is 11.7 Å². The Kier molecular flexibility index (Phi) is 8.86. The second-order valence-electron chi connectivity index (χ2n) is 7.16. The fourth-order valence-corrected chi connectivity index (χ4v) is 3.41. The van der Waals surface area contributed by atoms with Crippen LogP contribution in [0.25, 0.3) is 0 Å². The first kappa shape index (κ1) is 21.8. The molecule has 0 fully saturated rings. The summed E-state index contributed by atoms with van der Waals surface area (Å²) in [5.41, 5.74) is 2.52. The monoisotopic (exact) mass is 383 g/mol. The highest BCUT2D eigenvalue weighted by Crippen LogP contribution is 2.28. The minimum absolute atomic E-state index is 0.192. The normalized spacial score (nSPS) is 11.8. The first-order valence-corrected chi connectivity index (χ1v) is 10.4. The standard InChI is InChI=1S/C24H33NO3/c1-4-7-11-19(18-28-24(27)20-12-9-8-10-13-20)16-21-14-15-22(17-23(21)26)25(5-2)6-3/h8-10,12-15,17,19,26H,4-7,11,16,18H2,1-3H3. The molecular formula is C24H33NO3. The third-order valence-corrected chi connectivity index (χ3v) is 5.13. The zero-order chi connectivity index (χ0) is 20.4. The van der Waals surface area contributed by atoms with E-state index in [0.29, 0.717) is 24.3 Å². The minimum atomic E-state index is -0.289. The summed E-state index contributed by atoms with van der Waals surface area (Å²) in [5, 5.41) is 10.5. The van der Waals surface area contributed by atoms with Gasteiger partial charge in [-0.05, 0) is 56.4 Å². The second kappa shape index (κ2) is 11.4. The van der Waals surface area contributed by atoms with E-state index in [0.717, 1.165) is 43.6 Å². The third-order valence-electron chi connectivity index (χ3n) is 5.13. The molecule has 2 aromatic carbocycles. The Bertz CT molecular complexity index is 726.